The smallest absolute Gasteiger partial charge is 0.147 e. The monoisotopic (exact) mass is 532 g/mol. The Labute approximate surface area is 226 Å². The summed E-state index contributed by atoms with van der Waals surface area (Å²) in [5, 5.41) is 9.97. The lowest BCUT2D eigenvalue weighted by atomic mass is 9.76. The van der Waals surface area contributed by atoms with Gasteiger partial charge in [-0.15, -0.1) is 0 Å². The minimum atomic E-state index is 0.107. The number of nitrogen functional groups attached to an aromatic ring is 1. The molecule has 1 saturated heterocycles. The molecule has 3 N–H and O–H groups in total. The highest BCUT2D eigenvalue weighted by molar-refractivity contribution is 8.03. The Hall–Kier alpha value is -3.07. The van der Waals surface area contributed by atoms with Crippen LogP contribution in [-0.2, 0) is 19.4 Å². The topological polar surface area (TPSA) is 90.3 Å². The summed E-state index contributed by atoms with van der Waals surface area (Å²) in [5.74, 6) is 2.94. The predicted octanol–water partition coefficient (Wildman–Crippen LogP) is 4.78. The first-order valence-corrected chi connectivity index (χ1v) is 13.7. The number of aliphatic hydroxyl groups excluding tert-OH is 1. The fourth-order valence-electron chi connectivity index (χ4n) is 5.65. The zero-order valence-electron chi connectivity index (χ0n) is 20.7. The Balaban J connectivity index is 1.19. The van der Waals surface area contributed by atoms with Crippen LogP contribution in [0.5, 0.6) is 0 Å². The average Bonchev–Trinajstić information content (AvgIpc) is 3.25. The van der Waals surface area contributed by atoms with E-state index in [0.29, 0.717) is 16.3 Å². The van der Waals surface area contributed by atoms with Crippen molar-refractivity contribution in [3.05, 3.63) is 87.0 Å². The number of thioether (sulfide) groups is 1. The zero-order valence-corrected chi connectivity index (χ0v) is 22.3. The molecule has 9 heteroatoms. The van der Waals surface area contributed by atoms with Gasteiger partial charge in [-0.3, -0.25) is 0 Å². The third kappa shape index (κ3) is 4.58. The van der Waals surface area contributed by atoms with Gasteiger partial charge in [-0.25, -0.2) is 15.0 Å². The number of anilines is 1. The number of allylic oxidation sites excluding steroid dienone is 2. The molecule has 4 aliphatic rings. The molecule has 0 atom stereocenters. The van der Waals surface area contributed by atoms with Gasteiger partial charge in [0.2, 0.25) is 0 Å². The van der Waals surface area contributed by atoms with Crippen LogP contribution < -0.4 is 5.73 Å². The highest BCUT2D eigenvalue weighted by atomic mass is 35.5. The van der Waals surface area contributed by atoms with E-state index in [2.05, 4.69) is 28.1 Å². The number of amidine groups is 1. The summed E-state index contributed by atoms with van der Waals surface area (Å²) >= 11 is 7.89. The lowest BCUT2D eigenvalue weighted by Crippen LogP contribution is -2.40. The number of hydrogen-bond donors (Lipinski definition) is 2. The van der Waals surface area contributed by atoms with E-state index in [-0.39, 0.29) is 6.61 Å². The Morgan fingerprint density at radius 1 is 1.14 bits per heavy atom. The van der Waals surface area contributed by atoms with Gasteiger partial charge in [-0.05, 0) is 72.1 Å². The maximum Gasteiger partial charge on any atom is 0.147 e. The fourth-order valence-corrected chi connectivity index (χ4v) is 6.85. The largest absolute Gasteiger partial charge is 0.392 e. The van der Waals surface area contributed by atoms with Crippen molar-refractivity contribution < 1.29 is 5.11 Å². The van der Waals surface area contributed by atoms with Crippen LogP contribution in [0, 0.1) is 5.41 Å². The maximum absolute atomic E-state index is 9.52. The molecular weight excluding hydrogens is 504 g/mol. The molecule has 4 heterocycles. The molecule has 2 bridgehead atoms. The molecule has 1 aliphatic carbocycles. The Bertz CT molecular complexity index is 1400. The van der Waals surface area contributed by atoms with Crippen molar-refractivity contribution in [3.8, 4) is 0 Å². The highest BCUT2D eigenvalue weighted by Gasteiger charge is 2.40. The van der Waals surface area contributed by atoms with E-state index < -0.39 is 0 Å². The summed E-state index contributed by atoms with van der Waals surface area (Å²) in [6.45, 7) is 2.04. The molecule has 0 radical (unpaired) electrons. The summed E-state index contributed by atoms with van der Waals surface area (Å²) in [7, 11) is 1.99. The van der Waals surface area contributed by atoms with Crippen molar-refractivity contribution in [1.29, 1.82) is 0 Å². The lowest BCUT2D eigenvalue weighted by molar-refractivity contribution is 0.135. The zero-order chi connectivity index (χ0) is 25.6. The van der Waals surface area contributed by atoms with E-state index in [1.54, 1.807) is 6.20 Å². The number of halogens is 1. The summed E-state index contributed by atoms with van der Waals surface area (Å²) < 4.78 is 0. The molecule has 6 rings (SSSR count). The number of benzene rings is 1. The van der Waals surface area contributed by atoms with Crippen LogP contribution in [0.25, 0.3) is 0 Å². The maximum atomic E-state index is 9.52. The van der Waals surface area contributed by atoms with Crippen molar-refractivity contribution in [2.24, 2.45) is 15.4 Å². The molecule has 190 valence electrons. The summed E-state index contributed by atoms with van der Waals surface area (Å²) in [5.41, 5.74) is 10.1. The van der Waals surface area contributed by atoms with Crippen molar-refractivity contribution in [2.75, 3.05) is 25.9 Å². The Kier molecular flexibility index (Phi) is 6.34. The van der Waals surface area contributed by atoms with Gasteiger partial charge in [-0.1, -0.05) is 41.6 Å². The Morgan fingerprint density at radius 3 is 2.76 bits per heavy atom. The minimum absolute atomic E-state index is 0.107. The number of likely N-dealkylation sites (tertiary alicyclic amines) is 1. The third-order valence-electron chi connectivity index (χ3n) is 7.75. The quantitative estimate of drug-likeness (QED) is 0.589. The van der Waals surface area contributed by atoms with Gasteiger partial charge in [0.25, 0.3) is 0 Å². The third-order valence-corrected chi connectivity index (χ3v) is 9.36. The molecule has 1 aromatic heterocycles. The molecule has 1 spiro atoms. The van der Waals surface area contributed by atoms with Gasteiger partial charge in [-0.2, -0.15) is 0 Å². The van der Waals surface area contributed by atoms with Gasteiger partial charge < -0.3 is 20.6 Å². The van der Waals surface area contributed by atoms with Crippen molar-refractivity contribution in [2.45, 2.75) is 37.2 Å². The molecule has 7 nitrogen and oxygen atoms in total. The van der Waals surface area contributed by atoms with E-state index in [9.17, 15) is 5.11 Å². The van der Waals surface area contributed by atoms with Crippen LogP contribution in [0.3, 0.4) is 0 Å². The first-order valence-electron chi connectivity index (χ1n) is 12.5. The average molecular weight is 533 g/mol. The van der Waals surface area contributed by atoms with Crippen LogP contribution in [0.4, 0.5) is 5.82 Å². The van der Waals surface area contributed by atoms with Crippen LogP contribution in [0.2, 0.25) is 5.02 Å². The number of likely N-dealkylation sites (N-methyl/N-ethyl adjacent to an activating group) is 1. The highest BCUT2D eigenvalue weighted by Crippen LogP contribution is 2.45. The van der Waals surface area contributed by atoms with E-state index in [1.165, 1.54) is 22.9 Å². The van der Waals surface area contributed by atoms with Crippen molar-refractivity contribution >= 4 is 41.2 Å². The fraction of sp³-hybridized carbons (Fsp3) is 0.321. The van der Waals surface area contributed by atoms with Crippen LogP contribution >= 0.6 is 23.4 Å². The molecule has 2 aromatic rings. The number of nitrogens with two attached hydrogens (primary N) is 1. The first kappa shape index (κ1) is 24.3. The van der Waals surface area contributed by atoms with Gasteiger partial charge in [0.15, 0.2) is 0 Å². The number of hydrogen-bond acceptors (Lipinski definition) is 8. The number of nitrogens with zero attached hydrogens (tertiary/aromatic N) is 5. The van der Waals surface area contributed by atoms with Gasteiger partial charge in [0, 0.05) is 37.4 Å². The van der Waals surface area contributed by atoms with Crippen molar-refractivity contribution in [1.82, 2.24) is 14.8 Å². The lowest BCUT2D eigenvalue weighted by Gasteiger charge is -2.40. The summed E-state index contributed by atoms with van der Waals surface area (Å²) in [4.78, 5) is 20.1. The molecule has 1 aromatic carbocycles. The second-order valence-electron chi connectivity index (χ2n) is 10.1. The van der Waals surface area contributed by atoms with E-state index in [0.717, 1.165) is 71.6 Å². The molecule has 37 heavy (non-hydrogen) atoms. The molecule has 0 saturated carbocycles. The van der Waals surface area contributed by atoms with Crippen molar-refractivity contribution in [3.63, 3.8) is 0 Å². The van der Waals surface area contributed by atoms with Gasteiger partial charge in [0.05, 0.1) is 16.5 Å². The molecule has 0 unspecified atom stereocenters. The number of fused-ring (bicyclic) bond motifs is 3. The Morgan fingerprint density at radius 2 is 1.95 bits per heavy atom. The van der Waals surface area contributed by atoms with Gasteiger partial charge >= 0.3 is 0 Å². The molecular formula is C28H29ClN6OS. The molecule has 0 amide bonds. The number of rotatable bonds is 4. The number of aliphatic imine (C=N–C) groups is 2. The minimum Gasteiger partial charge on any atom is -0.392 e. The van der Waals surface area contributed by atoms with Crippen LogP contribution in [-0.4, -0.2) is 52.1 Å². The SMILES string of the molecule is CN1C2=NC(N3CCC4(CC3)Cc3ccc(CO)cc3C4)=CC=NC1=C(Sc1ccnc(N)c1Cl)C=C2. The summed E-state index contributed by atoms with van der Waals surface area (Å²) in [6.07, 6.45) is 14.1. The number of pyridine rings is 1. The second-order valence-corrected chi connectivity index (χ2v) is 11.5. The van der Waals surface area contributed by atoms with E-state index in [1.807, 2.05) is 42.5 Å². The first-order chi connectivity index (χ1) is 17.9. The number of piperidine rings is 1. The summed E-state index contributed by atoms with van der Waals surface area (Å²) in [6, 6.07) is 8.32. The number of aliphatic hydroxyl groups is 1. The van der Waals surface area contributed by atoms with E-state index >= 15 is 0 Å². The predicted molar refractivity (Wildman–Crippen MR) is 150 cm³/mol. The van der Waals surface area contributed by atoms with Crippen LogP contribution in [0.1, 0.15) is 29.5 Å². The normalized spacial score (nSPS) is 20.1. The second kappa shape index (κ2) is 9.67. The number of aromatic nitrogens is 1. The molecule has 1 fully saturated rings. The van der Waals surface area contributed by atoms with Gasteiger partial charge in [0.1, 0.15) is 23.3 Å². The standard InChI is InChI=1S/C28H29ClN6OS/c1-34-23-5-4-22(37-21-6-10-31-26(30)25(21)29)27(34)32-11-7-24(33-23)35-12-8-28(9-13-35)15-19-3-2-18(17-36)14-20(19)16-28/h2-7,10-11,14,36H,8-9,12-13,15-17H2,1H3,(H2,30,31). The molecule has 3 aliphatic heterocycles. The van der Waals surface area contributed by atoms with Crippen LogP contribution in [0.15, 0.2) is 80.1 Å². The van der Waals surface area contributed by atoms with E-state index in [4.69, 9.17) is 27.3 Å².